The minimum Gasteiger partial charge on any atom is -0.329 e. The molecule has 18 heavy (non-hydrogen) atoms. The smallest absolute Gasteiger partial charge is 0.329 e. The van der Waals surface area contributed by atoms with Crippen LogP contribution in [0.5, 0.6) is 0 Å². The van der Waals surface area contributed by atoms with Gasteiger partial charge in [-0.3, -0.25) is 0 Å². The van der Waals surface area contributed by atoms with Crippen molar-refractivity contribution >= 4 is 11.8 Å². The molecule has 1 aromatic carbocycles. The second-order valence-corrected chi connectivity index (χ2v) is 6.23. The van der Waals surface area contributed by atoms with Gasteiger partial charge in [-0.25, -0.2) is 0 Å². The summed E-state index contributed by atoms with van der Waals surface area (Å²) in [7, 11) is 0. The van der Waals surface area contributed by atoms with Crippen LogP contribution in [0, 0.1) is 0 Å². The molecule has 100 valence electrons. The molecular formula is C13H16F3NS. The van der Waals surface area contributed by atoms with Gasteiger partial charge in [-0.05, 0) is 36.6 Å². The standard InChI is InChI=1S/C13H16F3NS/c14-13(15,16)11-5-2-1-4-10(11)8-12(9-17)6-3-7-18-12/h1-2,4-5H,3,6-9,17H2. The van der Waals surface area contributed by atoms with Gasteiger partial charge in [0.2, 0.25) is 0 Å². The molecule has 2 rings (SSSR count). The van der Waals surface area contributed by atoms with Gasteiger partial charge < -0.3 is 5.73 Å². The zero-order valence-corrected chi connectivity index (χ0v) is 10.8. The lowest BCUT2D eigenvalue weighted by molar-refractivity contribution is -0.138. The average Bonchev–Trinajstić information content (AvgIpc) is 2.78. The van der Waals surface area contributed by atoms with Crippen LogP contribution >= 0.6 is 11.8 Å². The van der Waals surface area contributed by atoms with Gasteiger partial charge in [-0.2, -0.15) is 24.9 Å². The van der Waals surface area contributed by atoms with Gasteiger partial charge >= 0.3 is 6.18 Å². The van der Waals surface area contributed by atoms with Crippen molar-refractivity contribution in [3.8, 4) is 0 Å². The fourth-order valence-electron chi connectivity index (χ4n) is 2.43. The first-order valence-electron chi connectivity index (χ1n) is 5.96. The van der Waals surface area contributed by atoms with Gasteiger partial charge in [0.25, 0.3) is 0 Å². The quantitative estimate of drug-likeness (QED) is 0.914. The van der Waals surface area contributed by atoms with Crippen LogP contribution in [0.1, 0.15) is 24.0 Å². The van der Waals surface area contributed by atoms with Crippen LogP contribution < -0.4 is 5.73 Å². The maximum Gasteiger partial charge on any atom is 0.416 e. The molecule has 0 aromatic heterocycles. The third-order valence-corrected chi connectivity index (χ3v) is 5.01. The van der Waals surface area contributed by atoms with E-state index < -0.39 is 11.7 Å². The molecule has 1 unspecified atom stereocenters. The Morgan fingerprint density at radius 1 is 1.28 bits per heavy atom. The van der Waals surface area contributed by atoms with Crippen molar-refractivity contribution in [1.29, 1.82) is 0 Å². The average molecular weight is 275 g/mol. The Kier molecular flexibility index (Phi) is 3.92. The highest BCUT2D eigenvalue weighted by Gasteiger charge is 2.38. The molecule has 1 nitrogen and oxygen atoms in total. The van der Waals surface area contributed by atoms with Crippen LogP contribution in [0.3, 0.4) is 0 Å². The number of thioether (sulfide) groups is 1. The van der Waals surface area contributed by atoms with Crippen molar-refractivity contribution in [2.45, 2.75) is 30.2 Å². The summed E-state index contributed by atoms with van der Waals surface area (Å²) < 4.78 is 38.5. The molecule has 1 saturated heterocycles. The fourth-order valence-corrected chi connectivity index (χ4v) is 3.81. The molecule has 0 amide bonds. The zero-order valence-electron chi connectivity index (χ0n) is 9.96. The number of nitrogens with two attached hydrogens (primary N) is 1. The van der Waals surface area contributed by atoms with Gasteiger partial charge in [0.05, 0.1) is 5.56 Å². The normalized spacial score (nSPS) is 24.4. The molecule has 1 heterocycles. The summed E-state index contributed by atoms with van der Waals surface area (Å²) in [6.07, 6.45) is -1.93. The van der Waals surface area contributed by atoms with Crippen LogP contribution in [0.4, 0.5) is 13.2 Å². The summed E-state index contributed by atoms with van der Waals surface area (Å²) in [5.41, 5.74) is 5.62. The van der Waals surface area contributed by atoms with Gasteiger partial charge in [0, 0.05) is 11.3 Å². The molecule has 0 radical (unpaired) electrons. The van der Waals surface area contributed by atoms with E-state index in [1.807, 2.05) is 0 Å². The van der Waals surface area contributed by atoms with Crippen molar-refractivity contribution in [1.82, 2.24) is 0 Å². The number of alkyl halides is 3. The molecule has 1 aromatic rings. The van der Waals surface area contributed by atoms with Crippen molar-refractivity contribution < 1.29 is 13.2 Å². The minimum absolute atomic E-state index is 0.207. The van der Waals surface area contributed by atoms with E-state index in [1.54, 1.807) is 23.9 Å². The Labute approximate surface area is 109 Å². The number of hydrogen-bond acceptors (Lipinski definition) is 2. The third kappa shape index (κ3) is 2.83. The van der Waals surface area contributed by atoms with Crippen molar-refractivity contribution in [2.24, 2.45) is 5.73 Å². The molecule has 0 saturated carbocycles. The summed E-state index contributed by atoms with van der Waals surface area (Å²) in [6, 6.07) is 5.82. The van der Waals surface area contributed by atoms with E-state index in [0.29, 0.717) is 18.5 Å². The molecule has 0 spiro atoms. The second-order valence-electron chi connectivity index (χ2n) is 4.67. The van der Waals surface area contributed by atoms with E-state index in [-0.39, 0.29) is 4.75 Å². The highest BCUT2D eigenvalue weighted by Crippen LogP contribution is 2.42. The minimum atomic E-state index is -4.28. The highest BCUT2D eigenvalue weighted by atomic mass is 32.2. The van der Waals surface area contributed by atoms with Gasteiger partial charge in [-0.15, -0.1) is 0 Å². The van der Waals surface area contributed by atoms with Crippen LogP contribution in [0.2, 0.25) is 0 Å². The molecule has 0 bridgehead atoms. The lowest BCUT2D eigenvalue weighted by atomic mass is 9.91. The lowest BCUT2D eigenvalue weighted by Crippen LogP contribution is -2.34. The maximum absolute atomic E-state index is 12.9. The molecule has 2 N–H and O–H groups in total. The lowest BCUT2D eigenvalue weighted by Gasteiger charge is -2.27. The van der Waals surface area contributed by atoms with Crippen LogP contribution in [-0.2, 0) is 12.6 Å². The van der Waals surface area contributed by atoms with Crippen molar-refractivity contribution in [2.75, 3.05) is 12.3 Å². The van der Waals surface area contributed by atoms with E-state index in [2.05, 4.69) is 0 Å². The molecule has 0 aliphatic carbocycles. The summed E-state index contributed by atoms with van der Waals surface area (Å²) in [4.78, 5) is 0. The third-order valence-electron chi connectivity index (χ3n) is 3.39. The van der Waals surface area contributed by atoms with Gasteiger partial charge in [0.15, 0.2) is 0 Å². The van der Waals surface area contributed by atoms with Gasteiger partial charge in [-0.1, -0.05) is 18.2 Å². The second kappa shape index (κ2) is 5.13. The predicted octanol–water partition coefficient (Wildman–Crippen LogP) is 3.47. The number of hydrogen-bond donors (Lipinski definition) is 1. The van der Waals surface area contributed by atoms with Crippen molar-refractivity contribution in [3.63, 3.8) is 0 Å². The summed E-state index contributed by atoms with van der Waals surface area (Å²) in [5.74, 6) is 0.991. The van der Waals surface area contributed by atoms with Crippen molar-refractivity contribution in [3.05, 3.63) is 35.4 Å². The molecule has 1 aliphatic heterocycles. The highest BCUT2D eigenvalue weighted by molar-refractivity contribution is 8.00. The van der Waals surface area contributed by atoms with Gasteiger partial charge in [0.1, 0.15) is 0 Å². The maximum atomic E-state index is 12.9. The molecule has 1 fully saturated rings. The fraction of sp³-hybridized carbons (Fsp3) is 0.538. The Bertz CT molecular complexity index is 411. The van der Waals surface area contributed by atoms with E-state index in [1.165, 1.54) is 6.07 Å². The number of benzene rings is 1. The molecule has 1 atom stereocenters. The Balaban J connectivity index is 2.29. The summed E-state index contributed by atoms with van der Waals surface area (Å²) in [5, 5.41) is 0. The van der Waals surface area contributed by atoms with Crippen LogP contribution in [0.25, 0.3) is 0 Å². The van der Waals surface area contributed by atoms with Crippen LogP contribution in [-0.4, -0.2) is 17.0 Å². The molecule has 5 heteroatoms. The largest absolute Gasteiger partial charge is 0.416 e. The number of rotatable bonds is 3. The Morgan fingerprint density at radius 3 is 2.56 bits per heavy atom. The first-order valence-corrected chi connectivity index (χ1v) is 6.95. The predicted molar refractivity (Wildman–Crippen MR) is 68.6 cm³/mol. The Morgan fingerprint density at radius 2 is 2.00 bits per heavy atom. The zero-order chi connectivity index (χ0) is 13.2. The van der Waals surface area contributed by atoms with E-state index in [4.69, 9.17) is 5.73 Å². The first-order chi connectivity index (χ1) is 8.47. The van der Waals surface area contributed by atoms with E-state index >= 15 is 0 Å². The summed E-state index contributed by atoms with van der Waals surface area (Å²) in [6.45, 7) is 0.434. The number of halogens is 3. The first kappa shape index (κ1) is 13.7. The Hall–Kier alpha value is -0.680. The molecular weight excluding hydrogens is 259 g/mol. The van der Waals surface area contributed by atoms with Crippen LogP contribution in [0.15, 0.2) is 24.3 Å². The monoisotopic (exact) mass is 275 g/mol. The molecule has 1 aliphatic rings. The topological polar surface area (TPSA) is 26.0 Å². The van der Waals surface area contributed by atoms with E-state index in [0.717, 1.165) is 24.7 Å². The van der Waals surface area contributed by atoms with E-state index in [9.17, 15) is 13.2 Å². The summed E-state index contributed by atoms with van der Waals surface area (Å²) >= 11 is 1.71. The SMILES string of the molecule is NCC1(Cc2ccccc2C(F)(F)F)CCCS1.